The molecule has 2 aromatic carbocycles. The highest BCUT2D eigenvalue weighted by atomic mass is 16.7. The van der Waals surface area contributed by atoms with Crippen molar-refractivity contribution in [1.82, 2.24) is 0 Å². The topological polar surface area (TPSA) is 46.5 Å². The minimum atomic E-state index is -1.26. The Balaban J connectivity index is 2.44. The predicted octanol–water partition coefficient (Wildman–Crippen LogP) is 4.42. The van der Waals surface area contributed by atoms with Gasteiger partial charge in [0, 0.05) is 5.56 Å². The monoisotopic (exact) mass is 270 g/mol. The number of rotatable bonds is 5. The number of hydrogen-bond acceptors (Lipinski definition) is 2. The fourth-order valence-electron chi connectivity index (χ4n) is 2.33. The number of ether oxygens (including phenoxy) is 1. The normalized spacial score (nSPS) is 11.8. The molecular weight excluding hydrogens is 252 g/mol. The van der Waals surface area contributed by atoms with Gasteiger partial charge in [-0.15, -0.1) is 0 Å². The van der Waals surface area contributed by atoms with Crippen LogP contribution in [0.1, 0.15) is 36.1 Å². The van der Waals surface area contributed by atoms with E-state index in [-0.39, 0.29) is 0 Å². The zero-order valence-corrected chi connectivity index (χ0v) is 11.5. The van der Waals surface area contributed by atoms with Gasteiger partial charge in [-0.2, -0.15) is 0 Å². The van der Waals surface area contributed by atoms with Crippen LogP contribution < -0.4 is 0 Å². The smallest absolute Gasteiger partial charge is 0.450 e. The Kier molecular flexibility index (Phi) is 4.77. The lowest BCUT2D eigenvalue weighted by atomic mass is 9.94. The first kappa shape index (κ1) is 14.1. The molecule has 0 aliphatic heterocycles. The minimum Gasteiger partial charge on any atom is -0.450 e. The van der Waals surface area contributed by atoms with Gasteiger partial charge in [0.15, 0.2) is 6.10 Å². The van der Waals surface area contributed by atoms with Gasteiger partial charge in [0.1, 0.15) is 0 Å². The van der Waals surface area contributed by atoms with Crippen molar-refractivity contribution in [1.29, 1.82) is 0 Å². The molecular formula is C17H18O3. The van der Waals surface area contributed by atoms with Crippen molar-refractivity contribution in [2.24, 2.45) is 0 Å². The van der Waals surface area contributed by atoms with Crippen LogP contribution in [0.15, 0.2) is 54.6 Å². The van der Waals surface area contributed by atoms with E-state index >= 15 is 0 Å². The molecule has 0 saturated heterocycles. The molecule has 0 fully saturated rings. The molecule has 0 aromatic heterocycles. The maximum absolute atomic E-state index is 11.0. The average molecular weight is 270 g/mol. The van der Waals surface area contributed by atoms with Gasteiger partial charge < -0.3 is 9.84 Å². The maximum Gasteiger partial charge on any atom is 0.506 e. The van der Waals surface area contributed by atoms with Crippen molar-refractivity contribution in [3.63, 3.8) is 0 Å². The van der Waals surface area contributed by atoms with Crippen molar-refractivity contribution >= 4 is 6.16 Å². The van der Waals surface area contributed by atoms with Crippen LogP contribution in [0.5, 0.6) is 0 Å². The summed E-state index contributed by atoms with van der Waals surface area (Å²) < 4.78 is 5.13. The number of aryl methyl sites for hydroxylation is 1. The largest absolute Gasteiger partial charge is 0.506 e. The highest BCUT2D eigenvalue weighted by Gasteiger charge is 2.20. The van der Waals surface area contributed by atoms with E-state index in [2.05, 4.69) is 6.92 Å². The quantitative estimate of drug-likeness (QED) is 0.818. The average Bonchev–Trinajstić information content (AvgIpc) is 2.47. The minimum absolute atomic E-state index is 0.573. The molecule has 3 nitrogen and oxygen atoms in total. The van der Waals surface area contributed by atoms with Crippen LogP contribution in [-0.4, -0.2) is 11.3 Å². The molecule has 0 amide bonds. The van der Waals surface area contributed by atoms with Crippen molar-refractivity contribution < 1.29 is 14.6 Å². The Labute approximate surface area is 118 Å². The van der Waals surface area contributed by atoms with Gasteiger partial charge in [0.25, 0.3) is 0 Å². The first-order chi connectivity index (χ1) is 9.72. The summed E-state index contributed by atoms with van der Waals surface area (Å²) in [5, 5.41) is 9.01. The lowest BCUT2D eigenvalue weighted by Crippen LogP contribution is -2.12. The van der Waals surface area contributed by atoms with E-state index in [0.29, 0.717) is 0 Å². The van der Waals surface area contributed by atoms with Crippen LogP contribution in [0.4, 0.5) is 4.79 Å². The molecule has 0 radical (unpaired) electrons. The number of carboxylic acid groups (broad SMARTS) is 1. The van der Waals surface area contributed by atoms with Gasteiger partial charge in [0.2, 0.25) is 0 Å². The molecule has 0 saturated carbocycles. The first-order valence-corrected chi connectivity index (χ1v) is 6.74. The van der Waals surface area contributed by atoms with E-state index in [1.165, 1.54) is 0 Å². The Morgan fingerprint density at radius 3 is 2.40 bits per heavy atom. The highest BCUT2D eigenvalue weighted by Crippen LogP contribution is 2.29. The van der Waals surface area contributed by atoms with Gasteiger partial charge in [-0.05, 0) is 17.5 Å². The lowest BCUT2D eigenvalue weighted by Gasteiger charge is -2.20. The zero-order valence-electron chi connectivity index (χ0n) is 11.5. The third kappa shape index (κ3) is 3.38. The molecule has 0 spiro atoms. The van der Waals surface area contributed by atoms with Gasteiger partial charge in [-0.1, -0.05) is 67.9 Å². The summed E-state index contributed by atoms with van der Waals surface area (Å²) in [6, 6.07) is 17.3. The number of hydrogen-bond donors (Lipinski definition) is 1. The lowest BCUT2D eigenvalue weighted by molar-refractivity contribution is 0.0660. The van der Waals surface area contributed by atoms with E-state index in [0.717, 1.165) is 29.5 Å². The summed E-state index contributed by atoms with van der Waals surface area (Å²) in [5.74, 6) is 0. The van der Waals surface area contributed by atoms with Gasteiger partial charge in [-0.25, -0.2) is 4.79 Å². The second kappa shape index (κ2) is 6.75. The van der Waals surface area contributed by atoms with Crippen LogP contribution >= 0.6 is 0 Å². The molecule has 1 unspecified atom stereocenters. The summed E-state index contributed by atoms with van der Waals surface area (Å²) in [7, 11) is 0. The summed E-state index contributed by atoms with van der Waals surface area (Å²) in [4.78, 5) is 11.0. The van der Waals surface area contributed by atoms with E-state index in [9.17, 15) is 4.79 Å². The third-order valence-corrected chi connectivity index (χ3v) is 3.18. The SMILES string of the molecule is CCCc1ccccc1C(OC(=O)O)c1ccccc1. The van der Waals surface area contributed by atoms with E-state index in [4.69, 9.17) is 9.84 Å². The van der Waals surface area contributed by atoms with Crippen LogP contribution in [-0.2, 0) is 11.2 Å². The Bertz CT molecular complexity index is 563. The van der Waals surface area contributed by atoms with Crippen molar-refractivity contribution in [2.75, 3.05) is 0 Å². The van der Waals surface area contributed by atoms with Gasteiger partial charge in [-0.3, -0.25) is 0 Å². The Morgan fingerprint density at radius 2 is 1.75 bits per heavy atom. The van der Waals surface area contributed by atoms with Crippen molar-refractivity contribution in [3.05, 3.63) is 71.3 Å². The maximum atomic E-state index is 11.0. The molecule has 3 heteroatoms. The van der Waals surface area contributed by atoms with Crippen LogP contribution in [0, 0.1) is 0 Å². The molecule has 1 N–H and O–H groups in total. The molecule has 0 aliphatic rings. The van der Waals surface area contributed by atoms with Crippen LogP contribution in [0.3, 0.4) is 0 Å². The highest BCUT2D eigenvalue weighted by molar-refractivity contribution is 5.58. The van der Waals surface area contributed by atoms with E-state index < -0.39 is 12.3 Å². The molecule has 1 atom stereocenters. The number of benzene rings is 2. The van der Waals surface area contributed by atoms with E-state index in [1.807, 2.05) is 54.6 Å². The summed E-state index contributed by atoms with van der Waals surface area (Å²) in [5.41, 5.74) is 2.89. The summed E-state index contributed by atoms with van der Waals surface area (Å²) in [6.07, 6.45) is 0.0789. The summed E-state index contributed by atoms with van der Waals surface area (Å²) >= 11 is 0. The van der Waals surface area contributed by atoms with Gasteiger partial charge in [0.05, 0.1) is 0 Å². The molecule has 0 heterocycles. The van der Waals surface area contributed by atoms with Crippen molar-refractivity contribution in [3.8, 4) is 0 Å². The first-order valence-electron chi connectivity index (χ1n) is 6.74. The van der Waals surface area contributed by atoms with Crippen molar-refractivity contribution in [2.45, 2.75) is 25.9 Å². The second-order valence-electron chi connectivity index (χ2n) is 4.62. The molecule has 2 rings (SSSR count). The fraction of sp³-hybridized carbons (Fsp3) is 0.235. The number of carbonyl (C=O) groups is 1. The van der Waals surface area contributed by atoms with Crippen LogP contribution in [0.25, 0.3) is 0 Å². The standard InChI is InChI=1S/C17H18O3/c1-2-8-13-9-6-7-12-15(13)16(20-17(18)19)14-10-4-3-5-11-14/h3-7,9-12,16H,2,8H2,1H3,(H,18,19). The fourth-order valence-corrected chi connectivity index (χ4v) is 2.33. The third-order valence-electron chi connectivity index (χ3n) is 3.18. The molecule has 2 aromatic rings. The Hall–Kier alpha value is -2.29. The van der Waals surface area contributed by atoms with E-state index in [1.54, 1.807) is 0 Å². The second-order valence-corrected chi connectivity index (χ2v) is 4.62. The zero-order chi connectivity index (χ0) is 14.4. The Morgan fingerprint density at radius 1 is 1.10 bits per heavy atom. The molecule has 20 heavy (non-hydrogen) atoms. The molecule has 0 bridgehead atoms. The van der Waals surface area contributed by atoms with Crippen LogP contribution in [0.2, 0.25) is 0 Å². The summed E-state index contributed by atoms with van der Waals surface area (Å²) in [6.45, 7) is 2.10. The van der Waals surface area contributed by atoms with Gasteiger partial charge >= 0.3 is 6.16 Å². The molecule has 0 aliphatic carbocycles. The molecule has 104 valence electrons. The predicted molar refractivity (Wildman–Crippen MR) is 77.8 cm³/mol.